The summed E-state index contributed by atoms with van der Waals surface area (Å²) in [6, 6.07) is 2.02. The summed E-state index contributed by atoms with van der Waals surface area (Å²) >= 11 is 0. The van der Waals surface area contributed by atoms with E-state index in [2.05, 4.69) is 10.0 Å². The molecule has 0 bridgehead atoms. The molecule has 1 fully saturated rings. The molecule has 1 atom stereocenters. The molecule has 1 heterocycles. The van der Waals surface area contributed by atoms with Crippen LogP contribution in [0.25, 0.3) is 0 Å². The Kier molecular flexibility index (Phi) is 6.72. The highest BCUT2D eigenvalue weighted by molar-refractivity contribution is 7.89. The second-order valence-corrected chi connectivity index (χ2v) is 7.51. The maximum absolute atomic E-state index is 13.4. The van der Waals surface area contributed by atoms with Crippen LogP contribution in [0.5, 0.6) is 11.5 Å². The van der Waals surface area contributed by atoms with E-state index in [0.29, 0.717) is 13.1 Å². The third-order valence-corrected chi connectivity index (χ3v) is 5.48. The average Bonchev–Trinajstić information content (AvgIpc) is 2.61. The zero-order valence-electron chi connectivity index (χ0n) is 14.5. The molecule has 7 nitrogen and oxygen atoms in total. The van der Waals surface area contributed by atoms with Crippen LogP contribution in [0.2, 0.25) is 0 Å². The molecule has 0 radical (unpaired) electrons. The molecule has 1 saturated heterocycles. The number of rotatable bonds is 7. The number of methoxy groups -OCH3 is 2. The van der Waals surface area contributed by atoms with Gasteiger partial charge in [0, 0.05) is 50.9 Å². The van der Waals surface area contributed by atoms with Crippen molar-refractivity contribution < 1.29 is 31.1 Å². The van der Waals surface area contributed by atoms with Gasteiger partial charge in [-0.25, -0.2) is 13.1 Å². The first-order valence-corrected chi connectivity index (χ1v) is 9.40. The van der Waals surface area contributed by atoms with E-state index in [0.717, 1.165) is 0 Å². The van der Waals surface area contributed by atoms with Crippen LogP contribution >= 0.6 is 0 Å². The lowest BCUT2D eigenvalue weighted by atomic mass is 10.2. The number of nitrogens with zero attached hydrogens (tertiary/aromatic N) is 1. The number of sulfonamides is 1. The molecular weight excluding hydrogens is 375 g/mol. The molecule has 11 heteroatoms. The largest absolute Gasteiger partial charge is 0.497 e. The van der Waals surface area contributed by atoms with E-state index in [4.69, 9.17) is 9.47 Å². The molecule has 0 spiro atoms. The molecule has 1 aliphatic heterocycles. The Balaban J connectivity index is 2.19. The summed E-state index contributed by atoms with van der Waals surface area (Å²) in [5.74, 6) is 0.443. The number of benzene rings is 1. The highest BCUT2D eigenvalue weighted by Crippen LogP contribution is 2.27. The van der Waals surface area contributed by atoms with Gasteiger partial charge in [-0.2, -0.15) is 13.2 Å². The third-order valence-electron chi connectivity index (χ3n) is 4.07. The minimum Gasteiger partial charge on any atom is -0.497 e. The van der Waals surface area contributed by atoms with Gasteiger partial charge >= 0.3 is 6.18 Å². The molecule has 26 heavy (non-hydrogen) atoms. The first-order valence-electron chi connectivity index (χ1n) is 7.91. The fourth-order valence-electron chi connectivity index (χ4n) is 2.65. The molecule has 2 rings (SSSR count). The zero-order chi connectivity index (χ0) is 19.4. The van der Waals surface area contributed by atoms with Gasteiger partial charge in [0.15, 0.2) is 0 Å². The summed E-state index contributed by atoms with van der Waals surface area (Å²) in [7, 11) is -1.47. The van der Waals surface area contributed by atoms with Gasteiger partial charge < -0.3 is 14.8 Å². The molecular formula is C15H22F3N3O4S. The van der Waals surface area contributed by atoms with E-state index in [-0.39, 0.29) is 29.5 Å². The van der Waals surface area contributed by atoms with Crippen molar-refractivity contribution >= 4 is 10.0 Å². The number of nitrogens with one attached hydrogen (secondary N) is 2. The molecule has 2 N–H and O–H groups in total. The predicted octanol–water partition coefficient (Wildman–Crippen LogP) is 0.818. The number of alkyl halides is 3. The molecule has 0 amide bonds. The summed E-state index contributed by atoms with van der Waals surface area (Å²) in [6.45, 7) is 0.460. The SMILES string of the molecule is COc1cc(OC)cc(S(=O)(=O)NCC(N2CCNCC2)C(F)(F)F)c1. The van der Waals surface area contributed by atoms with E-state index >= 15 is 0 Å². The summed E-state index contributed by atoms with van der Waals surface area (Å²) in [5, 5.41) is 2.97. The van der Waals surface area contributed by atoms with Gasteiger partial charge in [-0.3, -0.25) is 4.90 Å². The number of hydrogen-bond donors (Lipinski definition) is 2. The Morgan fingerprint density at radius 1 is 1.15 bits per heavy atom. The zero-order valence-corrected chi connectivity index (χ0v) is 15.3. The second-order valence-electron chi connectivity index (χ2n) is 5.74. The topological polar surface area (TPSA) is 79.9 Å². The summed E-state index contributed by atoms with van der Waals surface area (Å²) < 4.78 is 77.1. The molecule has 0 aromatic heterocycles. The lowest BCUT2D eigenvalue weighted by Gasteiger charge is -2.35. The summed E-state index contributed by atoms with van der Waals surface area (Å²) in [6.07, 6.45) is -4.55. The Morgan fingerprint density at radius 2 is 1.69 bits per heavy atom. The van der Waals surface area contributed by atoms with Crippen molar-refractivity contribution in [3.05, 3.63) is 18.2 Å². The van der Waals surface area contributed by atoms with Gasteiger partial charge in [0.25, 0.3) is 0 Å². The molecule has 1 unspecified atom stereocenters. The molecule has 148 valence electrons. The lowest BCUT2D eigenvalue weighted by Crippen LogP contribution is -2.57. The smallest absolute Gasteiger partial charge is 0.405 e. The van der Waals surface area contributed by atoms with Gasteiger partial charge in [0.05, 0.1) is 19.1 Å². The third kappa shape index (κ3) is 5.22. The van der Waals surface area contributed by atoms with E-state index in [1.807, 2.05) is 0 Å². The Labute approximate surface area is 150 Å². The fourth-order valence-corrected chi connectivity index (χ4v) is 3.74. The van der Waals surface area contributed by atoms with Gasteiger partial charge in [0.2, 0.25) is 10.0 Å². The molecule has 1 aliphatic rings. The van der Waals surface area contributed by atoms with Crippen molar-refractivity contribution in [2.24, 2.45) is 0 Å². The number of ether oxygens (including phenoxy) is 2. The monoisotopic (exact) mass is 397 g/mol. The van der Waals surface area contributed by atoms with Crippen LogP contribution in [0, 0.1) is 0 Å². The highest BCUT2D eigenvalue weighted by atomic mass is 32.2. The van der Waals surface area contributed by atoms with Gasteiger partial charge in [-0.1, -0.05) is 0 Å². The number of halogens is 3. The first kappa shape index (κ1) is 20.7. The summed E-state index contributed by atoms with van der Waals surface area (Å²) in [4.78, 5) is 1.00. The van der Waals surface area contributed by atoms with Crippen molar-refractivity contribution in [2.75, 3.05) is 46.9 Å². The Bertz CT molecular complexity index is 684. The van der Waals surface area contributed by atoms with Crippen molar-refractivity contribution in [1.29, 1.82) is 0 Å². The average molecular weight is 397 g/mol. The van der Waals surface area contributed by atoms with Crippen LogP contribution in [0.1, 0.15) is 0 Å². The van der Waals surface area contributed by atoms with Crippen molar-refractivity contribution in [2.45, 2.75) is 17.1 Å². The van der Waals surface area contributed by atoms with Gasteiger partial charge in [-0.05, 0) is 0 Å². The lowest BCUT2D eigenvalue weighted by molar-refractivity contribution is -0.182. The number of piperazine rings is 1. The van der Waals surface area contributed by atoms with Crippen molar-refractivity contribution in [3.63, 3.8) is 0 Å². The van der Waals surface area contributed by atoms with Crippen LogP contribution in [0.3, 0.4) is 0 Å². The van der Waals surface area contributed by atoms with Crippen molar-refractivity contribution in [1.82, 2.24) is 14.9 Å². The fraction of sp³-hybridized carbons (Fsp3) is 0.600. The predicted molar refractivity (Wildman–Crippen MR) is 89.0 cm³/mol. The van der Waals surface area contributed by atoms with Crippen molar-refractivity contribution in [3.8, 4) is 11.5 Å². The molecule has 0 aliphatic carbocycles. The molecule has 1 aromatic carbocycles. The van der Waals surface area contributed by atoms with E-state index in [9.17, 15) is 21.6 Å². The van der Waals surface area contributed by atoms with E-state index in [1.54, 1.807) is 0 Å². The Morgan fingerprint density at radius 3 is 2.15 bits per heavy atom. The standard InChI is InChI=1S/C15H22F3N3O4S/c1-24-11-7-12(25-2)9-13(8-11)26(22,23)20-10-14(15(16,17)18)21-5-3-19-4-6-21/h7-9,14,19-20H,3-6,10H2,1-2H3. The van der Waals surface area contributed by atoms with Crippen LogP contribution in [-0.4, -0.2) is 72.5 Å². The molecule has 0 saturated carbocycles. The minimum absolute atomic E-state index is 0.193. The van der Waals surface area contributed by atoms with E-state index < -0.39 is 28.8 Å². The second kappa shape index (κ2) is 8.42. The van der Waals surface area contributed by atoms with Gasteiger partial charge in [0.1, 0.15) is 17.5 Å². The highest BCUT2D eigenvalue weighted by Gasteiger charge is 2.44. The summed E-state index contributed by atoms with van der Waals surface area (Å²) in [5.41, 5.74) is 0. The molecule has 1 aromatic rings. The first-order chi connectivity index (χ1) is 12.2. The Hall–Kier alpha value is -1.56. The van der Waals surface area contributed by atoms with Crippen LogP contribution in [-0.2, 0) is 10.0 Å². The number of hydrogen-bond acceptors (Lipinski definition) is 6. The normalized spacial score (nSPS) is 17.7. The van der Waals surface area contributed by atoms with Crippen LogP contribution in [0.4, 0.5) is 13.2 Å². The quantitative estimate of drug-likeness (QED) is 0.709. The van der Waals surface area contributed by atoms with E-state index in [1.165, 1.54) is 37.3 Å². The van der Waals surface area contributed by atoms with Crippen LogP contribution in [0.15, 0.2) is 23.1 Å². The maximum Gasteiger partial charge on any atom is 0.405 e. The maximum atomic E-state index is 13.4. The van der Waals surface area contributed by atoms with Crippen LogP contribution < -0.4 is 19.5 Å². The minimum atomic E-state index is -4.55. The van der Waals surface area contributed by atoms with Gasteiger partial charge in [-0.15, -0.1) is 0 Å².